The second kappa shape index (κ2) is 6.84. The molecule has 1 aromatic rings. The number of nitrogens with one attached hydrogen (secondary N) is 1. The van der Waals surface area contributed by atoms with E-state index in [0.29, 0.717) is 0 Å². The van der Waals surface area contributed by atoms with Gasteiger partial charge in [0.25, 0.3) is 0 Å². The average molecular weight is 296 g/mol. The first-order valence-electron chi connectivity index (χ1n) is 7.90. The molecule has 0 bridgehead atoms. The summed E-state index contributed by atoms with van der Waals surface area (Å²) in [5.41, 5.74) is -0.155. The summed E-state index contributed by atoms with van der Waals surface area (Å²) in [7, 11) is 0. The highest BCUT2D eigenvalue weighted by Gasteiger charge is 2.39. The minimum atomic E-state index is -0.462. The molecule has 1 unspecified atom stereocenters. The van der Waals surface area contributed by atoms with Crippen molar-refractivity contribution in [3.05, 3.63) is 35.4 Å². The highest BCUT2D eigenvalue weighted by atomic mass is 19.1. The van der Waals surface area contributed by atoms with Crippen LogP contribution in [0.3, 0.4) is 0 Å². The maximum atomic E-state index is 14.2. The second-order valence-corrected chi connectivity index (χ2v) is 6.37. The Kier molecular flexibility index (Phi) is 5.33. The third-order valence-electron chi connectivity index (χ3n) is 4.51. The Morgan fingerprint density at radius 2 is 1.76 bits per heavy atom. The second-order valence-electron chi connectivity index (χ2n) is 6.37. The van der Waals surface area contributed by atoms with E-state index in [4.69, 9.17) is 0 Å². The van der Waals surface area contributed by atoms with Crippen LogP contribution < -0.4 is 5.32 Å². The van der Waals surface area contributed by atoms with Crippen molar-refractivity contribution in [3.63, 3.8) is 0 Å². The fraction of sp³-hybridized carbons (Fsp3) is 0.647. The quantitative estimate of drug-likeness (QED) is 0.857. The Morgan fingerprint density at radius 1 is 1.19 bits per heavy atom. The van der Waals surface area contributed by atoms with Crippen LogP contribution in [0.5, 0.6) is 0 Å². The van der Waals surface area contributed by atoms with Crippen molar-refractivity contribution < 1.29 is 8.78 Å². The molecule has 0 aromatic heterocycles. The molecule has 1 aliphatic rings. The lowest BCUT2D eigenvalue weighted by molar-refractivity contribution is 0.103. The highest BCUT2D eigenvalue weighted by Crippen LogP contribution is 2.35. The Hall–Kier alpha value is -1.00. The van der Waals surface area contributed by atoms with E-state index < -0.39 is 11.6 Å². The van der Waals surface area contributed by atoms with Crippen LogP contribution in [0.4, 0.5) is 8.78 Å². The van der Waals surface area contributed by atoms with Gasteiger partial charge in [0.1, 0.15) is 11.6 Å². The third kappa shape index (κ3) is 3.43. The zero-order valence-corrected chi connectivity index (χ0v) is 13.3. The zero-order chi connectivity index (χ0) is 15.5. The normalized spacial score (nSPS) is 18.1. The van der Waals surface area contributed by atoms with Crippen LogP contribution in [0, 0.1) is 11.6 Å². The van der Waals surface area contributed by atoms with Gasteiger partial charge in [-0.15, -0.1) is 0 Å². The number of halogens is 2. The van der Waals surface area contributed by atoms with Crippen LogP contribution in [0.15, 0.2) is 18.2 Å². The molecule has 0 radical (unpaired) electrons. The van der Waals surface area contributed by atoms with E-state index in [-0.39, 0.29) is 17.1 Å². The maximum absolute atomic E-state index is 14.2. The molecule has 1 heterocycles. The number of hydrogen-bond acceptors (Lipinski definition) is 2. The van der Waals surface area contributed by atoms with Crippen molar-refractivity contribution in [2.45, 2.75) is 51.6 Å². The van der Waals surface area contributed by atoms with E-state index in [1.807, 2.05) is 0 Å². The molecule has 0 aliphatic carbocycles. The first-order valence-corrected chi connectivity index (χ1v) is 7.90. The van der Waals surface area contributed by atoms with Crippen molar-refractivity contribution in [2.24, 2.45) is 0 Å². The van der Waals surface area contributed by atoms with Crippen LogP contribution in [0.25, 0.3) is 0 Å². The van der Waals surface area contributed by atoms with Crippen LogP contribution in [-0.4, -0.2) is 30.1 Å². The predicted molar refractivity (Wildman–Crippen MR) is 82.3 cm³/mol. The van der Waals surface area contributed by atoms with Gasteiger partial charge in [0.15, 0.2) is 0 Å². The summed E-state index contributed by atoms with van der Waals surface area (Å²) < 4.78 is 28.5. The molecule has 1 aromatic carbocycles. The smallest absolute Gasteiger partial charge is 0.130 e. The molecule has 1 fully saturated rings. The summed E-state index contributed by atoms with van der Waals surface area (Å²) in [6.07, 6.45) is 3.25. The van der Waals surface area contributed by atoms with E-state index in [0.717, 1.165) is 38.9 Å². The van der Waals surface area contributed by atoms with Crippen molar-refractivity contribution in [1.29, 1.82) is 0 Å². The molecule has 118 valence electrons. The lowest BCUT2D eigenvalue weighted by Crippen LogP contribution is -2.52. The number of rotatable bonds is 6. The number of benzene rings is 1. The van der Waals surface area contributed by atoms with Crippen molar-refractivity contribution in [1.82, 2.24) is 10.2 Å². The predicted octanol–water partition coefficient (Wildman–Crippen LogP) is 3.88. The van der Waals surface area contributed by atoms with Crippen molar-refractivity contribution in [2.75, 3.05) is 19.6 Å². The summed E-state index contributed by atoms with van der Waals surface area (Å²) in [5.74, 6) is -0.924. The molecule has 21 heavy (non-hydrogen) atoms. The van der Waals surface area contributed by atoms with Crippen LogP contribution >= 0.6 is 0 Å². The molecule has 2 rings (SSSR count). The van der Waals surface area contributed by atoms with Gasteiger partial charge < -0.3 is 5.32 Å². The summed E-state index contributed by atoms with van der Waals surface area (Å²) in [6, 6.07) is 3.77. The van der Waals surface area contributed by atoms with Gasteiger partial charge in [0, 0.05) is 11.1 Å². The molecule has 1 atom stereocenters. The molecule has 0 saturated carbocycles. The summed E-state index contributed by atoms with van der Waals surface area (Å²) >= 11 is 0. The van der Waals surface area contributed by atoms with E-state index in [9.17, 15) is 8.78 Å². The standard InChI is InChI=1S/C17H26F2N2/c1-4-10-20-16(15-13(18)8-7-9-14(15)19)17(2,3)21-11-5-6-12-21/h7-9,16,20H,4-6,10-12H2,1-3H3. The minimum absolute atomic E-state index is 0.169. The fourth-order valence-corrected chi connectivity index (χ4v) is 3.26. The highest BCUT2D eigenvalue weighted by molar-refractivity contribution is 5.26. The van der Waals surface area contributed by atoms with E-state index in [1.54, 1.807) is 0 Å². The van der Waals surface area contributed by atoms with Gasteiger partial charge in [-0.05, 0) is 64.9 Å². The van der Waals surface area contributed by atoms with Crippen LogP contribution in [0.2, 0.25) is 0 Å². The number of likely N-dealkylation sites (tertiary alicyclic amines) is 1. The Morgan fingerprint density at radius 3 is 2.29 bits per heavy atom. The van der Waals surface area contributed by atoms with Gasteiger partial charge in [0.05, 0.1) is 6.04 Å². The van der Waals surface area contributed by atoms with E-state index >= 15 is 0 Å². The molecule has 4 heteroatoms. The van der Waals surface area contributed by atoms with Crippen molar-refractivity contribution in [3.8, 4) is 0 Å². The first kappa shape index (κ1) is 16.4. The zero-order valence-electron chi connectivity index (χ0n) is 13.3. The van der Waals surface area contributed by atoms with Crippen molar-refractivity contribution >= 4 is 0 Å². The Labute approximate surface area is 126 Å². The molecule has 2 nitrogen and oxygen atoms in total. The van der Waals surface area contributed by atoms with Crippen LogP contribution in [0.1, 0.15) is 51.6 Å². The average Bonchev–Trinajstić information content (AvgIpc) is 2.96. The monoisotopic (exact) mass is 296 g/mol. The molecule has 1 aliphatic heterocycles. The molecule has 1 saturated heterocycles. The topological polar surface area (TPSA) is 15.3 Å². The largest absolute Gasteiger partial charge is 0.308 e. The van der Waals surface area contributed by atoms with Gasteiger partial charge in [0.2, 0.25) is 0 Å². The first-order chi connectivity index (χ1) is 9.98. The third-order valence-corrected chi connectivity index (χ3v) is 4.51. The molecular formula is C17H26F2N2. The Bertz CT molecular complexity index is 448. The van der Waals surface area contributed by atoms with Crippen LogP contribution in [-0.2, 0) is 0 Å². The lowest BCUT2D eigenvalue weighted by atomic mass is 9.86. The fourth-order valence-electron chi connectivity index (χ4n) is 3.26. The van der Waals surface area contributed by atoms with Gasteiger partial charge in [-0.3, -0.25) is 4.90 Å². The van der Waals surface area contributed by atoms with Gasteiger partial charge in [-0.25, -0.2) is 8.78 Å². The minimum Gasteiger partial charge on any atom is -0.308 e. The van der Waals surface area contributed by atoms with Gasteiger partial charge in [-0.2, -0.15) is 0 Å². The number of hydrogen-bond donors (Lipinski definition) is 1. The SMILES string of the molecule is CCCNC(c1c(F)cccc1F)C(C)(C)N1CCCC1. The van der Waals surface area contributed by atoms with Gasteiger partial charge >= 0.3 is 0 Å². The molecule has 1 N–H and O–H groups in total. The summed E-state index contributed by atoms with van der Waals surface area (Å²) in [4.78, 5) is 2.34. The summed E-state index contributed by atoms with van der Waals surface area (Å²) in [6.45, 7) is 8.95. The molecular weight excluding hydrogens is 270 g/mol. The van der Waals surface area contributed by atoms with E-state index in [1.165, 1.54) is 18.2 Å². The number of nitrogens with zero attached hydrogens (tertiary/aromatic N) is 1. The summed E-state index contributed by atoms with van der Waals surface area (Å²) in [5, 5.41) is 3.36. The molecule has 0 spiro atoms. The maximum Gasteiger partial charge on any atom is 0.130 e. The van der Waals surface area contributed by atoms with Gasteiger partial charge in [-0.1, -0.05) is 13.0 Å². The Balaban J connectivity index is 2.37. The lowest BCUT2D eigenvalue weighted by Gasteiger charge is -2.43. The van der Waals surface area contributed by atoms with E-state index in [2.05, 4.69) is 31.0 Å². The molecule has 0 amide bonds.